The van der Waals surface area contributed by atoms with Gasteiger partial charge >= 0.3 is 7.60 Å². The predicted octanol–water partition coefficient (Wildman–Crippen LogP) is -0.468. The molecule has 0 aliphatic carbocycles. The Morgan fingerprint density at radius 1 is 0.697 bits per heavy atom. The van der Waals surface area contributed by atoms with Gasteiger partial charge in [-0.3, -0.25) is 43.1 Å². The van der Waals surface area contributed by atoms with Gasteiger partial charge in [-0.25, -0.2) is 0 Å². The molecule has 1 aromatic rings. The number of hydrogen-bond acceptors (Lipinski definition) is 13. The van der Waals surface area contributed by atoms with E-state index in [0.29, 0.717) is 24.0 Å². The van der Waals surface area contributed by atoms with E-state index >= 15 is 0 Å². The van der Waals surface area contributed by atoms with Gasteiger partial charge in [0.2, 0.25) is 41.4 Å². The first kappa shape index (κ1) is 58.9. The number of aliphatic hydroxyl groups excluding tert-OH is 1. The second kappa shape index (κ2) is 30.2. The number of carbonyl (C=O) groups is 7. The molecule has 0 radical (unpaired) electrons. The fourth-order valence-corrected chi connectivity index (χ4v) is 8.24. The summed E-state index contributed by atoms with van der Waals surface area (Å²) in [7, 11) is -3.42. The van der Waals surface area contributed by atoms with E-state index in [1.165, 1.54) is 0 Å². The Morgan fingerprint density at radius 2 is 1.21 bits per heavy atom. The number of guanidine groups is 1. The average molecular weight is 954 g/mol. The van der Waals surface area contributed by atoms with Crippen molar-refractivity contribution in [1.29, 1.82) is 0 Å². The lowest BCUT2D eigenvalue weighted by Crippen LogP contribution is -2.59. The monoisotopic (exact) mass is 954 g/mol. The number of carbonyl (C=O) groups excluding carboxylic acids is 7. The molecule has 0 spiro atoms. The summed E-state index contributed by atoms with van der Waals surface area (Å²) in [5.74, 6) is -6.22. The van der Waals surface area contributed by atoms with Gasteiger partial charge in [-0.15, -0.1) is 0 Å². The van der Waals surface area contributed by atoms with Gasteiger partial charge in [-0.05, 0) is 62.0 Å². The molecule has 15 N–H and O–H groups in total. The largest absolute Gasteiger partial charge is 0.394 e. The number of amides is 7. The predicted molar refractivity (Wildman–Crippen MR) is 250 cm³/mol. The van der Waals surface area contributed by atoms with Crippen LogP contribution in [0.5, 0.6) is 0 Å². The van der Waals surface area contributed by atoms with Crippen molar-refractivity contribution in [3.8, 4) is 0 Å². The summed E-state index contributed by atoms with van der Waals surface area (Å²) in [6.45, 7) is 13.4. The Kier molecular flexibility index (Phi) is 26.9. The Morgan fingerprint density at radius 3 is 1.73 bits per heavy atom. The number of hydrogen-bond donors (Lipinski definition) is 11. The van der Waals surface area contributed by atoms with Crippen LogP contribution in [0.25, 0.3) is 0 Å². The highest BCUT2D eigenvalue weighted by atomic mass is 31.2. The van der Waals surface area contributed by atoms with E-state index in [-0.39, 0.29) is 69.4 Å². The third-order valence-corrected chi connectivity index (χ3v) is 12.7. The van der Waals surface area contributed by atoms with Crippen LogP contribution in [0.1, 0.15) is 98.6 Å². The minimum Gasteiger partial charge on any atom is -0.394 e. The topological polar surface area (TPSA) is 364 Å². The highest BCUT2D eigenvalue weighted by Crippen LogP contribution is 2.51. The fourth-order valence-electron chi connectivity index (χ4n) is 6.54. The van der Waals surface area contributed by atoms with Crippen molar-refractivity contribution < 1.29 is 52.3 Å². The van der Waals surface area contributed by atoms with Crippen molar-refractivity contribution in [2.75, 3.05) is 32.9 Å². The molecule has 22 nitrogen and oxygen atoms in total. The van der Waals surface area contributed by atoms with Gasteiger partial charge in [0.05, 0.1) is 32.5 Å². The van der Waals surface area contributed by atoms with E-state index in [0.717, 1.165) is 0 Å². The molecule has 7 amide bonds. The Labute approximate surface area is 388 Å². The molecule has 0 heterocycles. The SMILES string of the molecule is CCOP(=O)(Cc1ccc(C[C@H](NC(=O)[C@H](CCCN=C(N)N)NC(=O)CNC(=O)[C@@H](NC(=O)[C@H](CC(C)C)NC(=O)[C@@H](N)CO)[C@@H](C)CC)C(=O)N[C@H](C(N)=O)[C@@H](C)CC)cc1)OCC. The summed E-state index contributed by atoms with van der Waals surface area (Å²) >= 11 is 0. The van der Waals surface area contributed by atoms with Crippen LogP contribution in [0.4, 0.5) is 0 Å². The van der Waals surface area contributed by atoms with Gasteiger partial charge in [0.15, 0.2) is 5.96 Å². The van der Waals surface area contributed by atoms with Crippen LogP contribution >= 0.6 is 7.60 Å². The van der Waals surface area contributed by atoms with Gasteiger partial charge in [0.1, 0.15) is 36.3 Å². The second-order valence-electron chi connectivity index (χ2n) is 16.6. The van der Waals surface area contributed by atoms with Crippen LogP contribution in [0.15, 0.2) is 29.3 Å². The number of rotatable bonds is 32. The standard InChI is InChI=1S/C43H76N11O11P/c1-9-26(7)35(37(45)57)53-41(61)33(21-28-15-17-29(18-16-28)24-66(63,64-11-3)65-12-4)52-39(59)31(14-13-19-48-43(46)47)50-34(56)22-49-42(62)36(27(8)10-2)54-40(60)32(20-25(5)6)51-38(58)30(44)23-55/h15-18,25-27,30-33,35-36,55H,9-14,19-24,44H2,1-8H3,(H2,45,57)(H,49,62)(H,50,56)(H,51,58)(H,52,59)(H,53,61)(H,54,60)(H4,46,47,48)/t26-,27-,30-,31-,32-,33-,35-,36-/m0/s1. The van der Waals surface area contributed by atoms with Crippen molar-refractivity contribution in [3.05, 3.63) is 35.4 Å². The van der Waals surface area contributed by atoms with Crippen LogP contribution in [0.3, 0.4) is 0 Å². The zero-order chi connectivity index (χ0) is 50.1. The summed E-state index contributed by atoms with van der Waals surface area (Å²) in [6, 6.07) is -0.381. The molecule has 23 heteroatoms. The summed E-state index contributed by atoms with van der Waals surface area (Å²) in [5.41, 5.74) is 23.5. The molecule has 374 valence electrons. The lowest BCUT2D eigenvalue weighted by molar-refractivity contribution is -0.135. The van der Waals surface area contributed by atoms with Gasteiger partial charge in [-0.1, -0.05) is 78.6 Å². The lowest BCUT2D eigenvalue weighted by atomic mass is 9.96. The van der Waals surface area contributed by atoms with E-state index in [2.05, 4.69) is 36.9 Å². The molecule has 0 aromatic heterocycles. The molecule has 0 saturated heterocycles. The zero-order valence-electron chi connectivity index (χ0n) is 39.7. The van der Waals surface area contributed by atoms with Crippen molar-refractivity contribution in [2.45, 2.75) is 136 Å². The molecule has 1 aromatic carbocycles. The Balaban J connectivity index is 3.42. The number of aliphatic hydroxyl groups is 1. The zero-order valence-corrected chi connectivity index (χ0v) is 40.6. The van der Waals surface area contributed by atoms with E-state index in [9.17, 15) is 43.2 Å². The van der Waals surface area contributed by atoms with E-state index in [1.54, 1.807) is 58.9 Å². The van der Waals surface area contributed by atoms with Gasteiger partial charge in [0, 0.05) is 13.0 Å². The molecule has 0 fully saturated rings. The molecule has 0 aliphatic rings. The van der Waals surface area contributed by atoms with E-state index < -0.39 is 104 Å². The molecular formula is C43H76N11O11P. The summed E-state index contributed by atoms with van der Waals surface area (Å²) < 4.78 is 24.0. The number of nitrogens with one attached hydrogen (secondary N) is 6. The highest BCUT2D eigenvalue weighted by Gasteiger charge is 2.34. The molecule has 66 heavy (non-hydrogen) atoms. The van der Waals surface area contributed by atoms with Gasteiger partial charge < -0.3 is 69.0 Å². The summed E-state index contributed by atoms with van der Waals surface area (Å²) in [4.78, 5) is 97.4. The molecule has 0 saturated carbocycles. The maximum atomic E-state index is 14.1. The minimum atomic E-state index is -3.42. The van der Waals surface area contributed by atoms with Gasteiger partial charge in [-0.2, -0.15) is 0 Å². The Hall–Kier alpha value is -5.15. The normalized spacial score (nSPS) is 15.1. The third-order valence-electron chi connectivity index (χ3n) is 10.6. The maximum absolute atomic E-state index is 14.1. The van der Waals surface area contributed by atoms with Crippen LogP contribution in [-0.2, 0) is 59.8 Å². The van der Waals surface area contributed by atoms with E-state index in [1.807, 2.05) is 20.8 Å². The average Bonchev–Trinajstić information content (AvgIpc) is 3.26. The first-order valence-corrected chi connectivity index (χ1v) is 24.2. The molecule has 8 atom stereocenters. The number of nitrogens with zero attached hydrogens (tertiary/aromatic N) is 1. The number of primary amides is 1. The number of aliphatic imine (C=N–C) groups is 1. The van der Waals surface area contributed by atoms with Crippen molar-refractivity contribution in [3.63, 3.8) is 0 Å². The second-order valence-corrected chi connectivity index (χ2v) is 18.7. The first-order chi connectivity index (χ1) is 31.0. The first-order valence-electron chi connectivity index (χ1n) is 22.5. The fraction of sp³-hybridized carbons (Fsp3) is 0.674. The molecule has 0 aliphatic heterocycles. The van der Waals surface area contributed by atoms with Crippen LogP contribution in [0.2, 0.25) is 0 Å². The van der Waals surface area contributed by atoms with Crippen LogP contribution in [-0.4, -0.2) is 122 Å². The van der Waals surface area contributed by atoms with Crippen molar-refractivity contribution >= 4 is 54.9 Å². The summed E-state index contributed by atoms with van der Waals surface area (Å²) in [6.07, 6.45) is 1.25. The Bertz CT molecular complexity index is 1800. The van der Waals surface area contributed by atoms with Crippen LogP contribution < -0.4 is 54.8 Å². The molecule has 0 bridgehead atoms. The molecule has 0 unspecified atom stereocenters. The quantitative estimate of drug-likeness (QED) is 0.0188. The van der Waals surface area contributed by atoms with Crippen molar-refractivity contribution in [1.82, 2.24) is 31.9 Å². The number of benzene rings is 1. The smallest absolute Gasteiger partial charge is 0.335 e. The summed E-state index contributed by atoms with van der Waals surface area (Å²) in [5, 5.41) is 25.0. The lowest BCUT2D eigenvalue weighted by Gasteiger charge is -2.28. The van der Waals surface area contributed by atoms with Crippen LogP contribution in [0, 0.1) is 17.8 Å². The highest BCUT2D eigenvalue weighted by molar-refractivity contribution is 7.53. The molecule has 1 rings (SSSR count). The van der Waals surface area contributed by atoms with E-state index in [4.69, 9.17) is 32.0 Å². The molecular weight excluding hydrogens is 878 g/mol. The minimum absolute atomic E-state index is 0.000465. The number of nitrogens with two attached hydrogens (primary N) is 4. The van der Waals surface area contributed by atoms with Crippen molar-refractivity contribution in [2.24, 2.45) is 45.7 Å². The van der Waals surface area contributed by atoms with Gasteiger partial charge in [0.25, 0.3) is 0 Å². The third kappa shape index (κ3) is 21.4. The maximum Gasteiger partial charge on any atom is 0.335 e.